The quantitative estimate of drug-likeness (QED) is 0.539. The molecule has 0 radical (unpaired) electrons. The van der Waals surface area contributed by atoms with E-state index in [1.807, 2.05) is 38.4 Å². The summed E-state index contributed by atoms with van der Waals surface area (Å²) in [5.74, 6) is -0.0476. The fourth-order valence-electron chi connectivity index (χ4n) is 4.16. The lowest BCUT2D eigenvalue weighted by molar-refractivity contribution is 0.0927. The average molecular weight is 478 g/mol. The number of benzene rings is 3. The summed E-state index contributed by atoms with van der Waals surface area (Å²) in [6, 6.07) is 25.0. The van der Waals surface area contributed by atoms with Gasteiger partial charge in [-0.05, 0) is 53.4 Å². The van der Waals surface area contributed by atoms with Gasteiger partial charge in [-0.3, -0.25) is 9.69 Å². The Morgan fingerprint density at radius 3 is 2.48 bits per heavy atom. The van der Waals surface area contributed by atoms with Crippen LogP contribution in [-0.4, -0.2) is 38.0 Å². The van der Waals surface area contributed by atoms with E-state index < -0.39 is 0 Å². The summed E-state index contributed by atoms with van der Waals surface area (Å²) >= 11 is 3.45. The summed E-state index contributed by atoms with van der Waals surface area (Å²) in [4.78, 5) is 17.4. The first-order valence-electron chi connectivity index (χ1n) is 10.6. The van der Waals surface area contributed by atoms with Gasteiger partial charge < -0.3 is 10.2 Å². The molecule has 0 bridgehead atoms. The maximum atomic E-state index is 12.8. The lowest BCUT2D eigenvalue weighted by atomic mass is 9.96. The van der Waals surface area contributed by atoms with Crippen molar-refractivity contribution in [3.05, 3.63) is 99.5 Å². The third-order valence-electron chi connectivity index (χ3n) is 5.94. The van der Waals surface area contributed by atoms with Crippen molar-refractivity contribution in [2.75, 3.05) is 32.1 Å². The topological polar surface area (TPSA) is 35.6 Å². The van der Waals surface area contributed by atoms with Crippen molar-refractivity contribution >= 4 is 27.5 Å². The van der Waals surface area contributed by atoms with Crippen LogP contribution < -0.4 is 10.2 Å². The zero-order valence-corrected chi connectivity index (χ0v) is 19.6. The Bertz CT molecular complexity index is 1050. The molecule has 1 amide bonds. The molecule has 1 aliphatic rings. The van der Waals surface area contributed by atoms with Gasteiger partial charge in [-0.2, -0.15) is 0 Å². The summed E-state index contributed by atoms with van der Waals surface area (Å²) < 4.78 is 0.906. The van der Waals surface area contributed by atoms with Crippen LogP contribution in [0.25, 0.3) is 0 Å². The molecule has 0 fully saturated rings. The van der Waals surface area contributed by atoms with Crippen LogP contribution in [-0.2, 0) is 13.0 Å². The molecule has 1 heterocycles. The van der Waals surface area contributed by atoms with E-state index in [4.69, 9.17) is 0 Å². The van der Waals surface area contributed by atoms with Crippen LogP contribution in [0.3, 0.4) is 0 Å². The number of hydrogen-bond acceptors (Lipinski definition) is 3. The molecule has 160 valence electrons. The van der Waals surface area contributed by atoms with Crippen LogP contribution in [0.15, 0.2) is 77.3 Å². The van der Waals surface area contributed by atoms with Gasteiger partial charge in [0.05, 0.1) is 6.04 Å². The van der Waals surface area contributed by atoms with Crippen molar-refractivity contribution < 1.29 is 4.79 Å². The number of nitrogens with zero attached hydrogens (tertiary/aromatic N) is 2. The van der Waals surface area contributed by atoms with Crippen molar-refractivity contribution in [1.29, 1.82) is 0 Å². The maximum absolute atomic E-state index is 12.8. The monoisotopic (exact) mass is 477 g/mol. The number of amides is 1. The van der Waals surface area contributed by atoms with Gasteiger partial charge in [0.2, 0.25) is 0 Å². The highest BCUT2D eigenvalue weighted by Crippen LogP contribution is 2.29. The molecular weight excluding hydrogens is 450 g/mol. The SMILES string of the molecule is CN(C)c1ccc([C@@H](CNC(=O)c2cccc(Br)c2)N2CCc3ccccc3C2)cc1. The molecule has 4 nitrogen and oxygen atoms in total. The molecule has 3 aromatic rings. The van der Waals surface area contributed by atoms with Gasteiger partial charge in [-0.15, -0.1) is 0 Å². The number of carbonyl (C=O) groups excluding carboxylic acids is 1. The molecule has 1 N–H and O–H groups in total. The summed E-state index contributed by atoms with van der Waals surface area (Å²) in [6.07, 6.45) is 1.03. The normalized spacial score (nSPS) is 14.5. The summed E-state index contributed by atoms with van der Waals surface area (Å²) in [5.41, 5.74) is 5.87. The first-order chi connectivity index (χ1) is 15.0. The third-order valence-corrected chi connectivity index (χ3v) is 6.43. The molecule has 3 aromatic carbocycles. The zero-order valence-electron chi connectivity index (χ0n) is 18.0. The number of halogens is 1. The standard InChI is InChI=1S/C26H28BrN3O/c1-29(2)24-12-10-20(11-13-24)25(17-28-26(31)21-8-5-9-23(27)16-21)30-15-14-19-6-3-4-7-22(19)18-30/h3-13,16,25H,14-15,17-18H2,1-2H3,(H,28,31)/t25-/m1/s1. The van der Waals surface area contributed by atoms with Crippen LogP contribution in [0.5, 0.6) is 0 Å². The lowest BCUT2D eigenvalue weighted by Crippen LogP contribution is -2.40. The molecule has 31 heavy (non-hydrogen) atoms. The van der Waals surface area contributed by atoms with Gasteiger partial charge in [0, 0.05) is 49.5 Å². The lowest BCUT2D eigenvalue weighted by Gasteiger charge is -2.36. The van der Waals surface area contributed by atoms with Crippen LogP contribution in [0.4, 0.5) is 5.69 Å². The highest BCUT2D eigenvalue weighted by atomic mass is 79.9. The summed E-state index contributed by atoms with van der Waals surface area (Å²) in [6.45, 7) is 2.43. The van der Waals surface area contributed by atoms with Crippen LogP contribution in [0.1, 0.15) is 33.1 Å². The van der Waals surface area contributed by atoms with E-state index >= 15 is 0 Å². The van der Waals surface area contributed by atoms with Gasteiger partial charge in [0.1, 0.15) is 0 Å². The average Bonchev–Trinajstić information content (AvgIpc) is 2.79. The van der Waals surface area contributed by atoms with Crippen molar-refractivity contribution in [1.82, 2.24) is 10.2 Å². The molecule has 0 spiro atoms. The summed E-state index contributed by atoms with van der Waals surface area (Å²) in [7, 11) is 4.10. The van der Waals surface area contributed by atoms with E-state index in [-0.39, 0.29) is 11.9 Å². The molecule has 0 saturated heterocycles. The van der Waals surface area contributed by atoms with E-state index in [9.17, 15) is 4.79 Å². The Morgan fingerprint density at radius 2 is 1.77 bits per heavy atom. The van der Waals surface area contributed by atoms with Gasteiger partial charge in [0.25, 0.3) is 5.91 Å². The molecule has 0 unspecified atom stereocenters. The predicted octanol–water partition coefficient (Wildman–Crippen LogP) is 5.04. The molecule has 0 aliphatic carbocycles. The Hall–Kier alpha value is -2.63. The van der Waals surface area contributed by atoms with Gasteiger partial charge in [0.15, 0.2) is 0 Å². The van der Waals surface area contributed by atoms with Gasteiger partial charge >= 0.3 is 0 Å². The summed E-state index contributed by atoms with van der Waals surface area (Å²) in [5, 5.41) is 3.17. The number of hydrogen-bond donors (Lipinski definition) is 1. The second kappa shape index (κ2) is 9.67. The predicted molar refractivity (Wildman–Crippen MR) is 131 cm³/mol. The molecule has 5 heteroatoms. The molecule has 4 rings (SSSR count). The Labute approximate surface area is 193 Å². The highest BCUT2D eigenvalue weighted by molar-refractivity contribution is 9.10. The van der Waals surface area contributed by atoms with Crippen LogP contribution in [0, 0.1) is 0 Å². The smallest absolute Gasteiger partial charge is 0.251 e. The fraction of sp³-hybridized carbons (Fsp3) is 0.269. The van der Waals surface area contributed by atoms with E-state index in [0.717, 1.165) is 24.0 Å². The van der Waals surface area contributed by atoms with E-state index in [1.54, 1.807) is 0 Å². The van der Waals surface area contributed by atoms with E-state index in [1.165, 1.54) is 22.4 Å². The van der Waals surface area contributed by atoms with Crippen molar-refractivity contribution in [3.8, 4) is 0 Å². The van der Waals surface area contributed by atoms with E-state index in [0.29, 0.717) is 12.1 Å². The zero-order chi connectivity index (χ0) is 21.8. The first kappa shape index (κ1) is 21.6. The Balaban J connectivity index is 1.56. The number of rotatable bonds is 6. The molecular formula is C26H28BrN3O. The number of anilines is 1. The minimum atomic E-state index is -0.0476. The van der Waals surface area contributed by atoms with Crippen molar-refractivity contribution in [2.24, 2.45) is 0 Å². The second-order valence-electron chi connectivity index (χ2n) is 8.21. The Kier molecular flexibility index (Phi) is 6.73. The number of nitrogens with one attached hydrogen (secondary N) is 1. The van der Waals surface area contributed by atoms with E-state index in [2.05, 4.69) is 79.6 Å². The molecule has 1 aliphatic heterocycles. The van der Waals surface area contributed by atoms with Crippen molar-refractivity contribution in [2.45, 2.75) is 19.0 Å². The minimum absolute atomic E-state index is 0.0476. The Morgan fingerprint density at radius 1 is 1.03 bits per heavy atom. The number of carbonyl (C=O) groups is 1. The molecule has 0 aromatic heterocycles. The van der Waals surface area contributed by atoms with Crippen LogP contribution >= 0.6 is 15.9 Å². The number of fused-ring (bicyclic) bond motifs is 1. The molecule has 0 saturated carbocycles. The first-order valence-corrected chi connectivity index (χ1v) is 11.4. The van der Waals surface area contributed by atoms with Crippen LogP contribution in [0.2, 0.25) is 0 Å². The fourth-order valence-corrected chi connectivity index (χ4v) is 4.56. The highest BCUT2D eigenvalue weighted by Gasteiger charge is 2.25. The molecule has 1 atom stereocenters. The largest absolute Gasteiger partial charge is 0.378 e. The maximum Gasteiger partial charge on any atom is 0.251 e. The minimum Gasteiger partial charge on any atom is -0.378 e. The third kappa shape index (κ3) is 5.17. The second-order valence-corrected chi connectivity index (χ2v) is 9.13. The van der Waals surface area contributed by atoms with Gasteiger partial charge in [-0.1, -0.05) is 58.4 Å². The van der Waals surface area contributed by atoms with Gasteiger partial charge in [-0.25, -0.2) is 0 Å². The van der Waals surface area contributed by atoms with Crippen molar-refractivity contribution in [3.63, 3.8) is 0 Å².